The average molecular weight is 312 g/mol. The normalized spacial score (nSPS) is 16.3. The van der Waals surface area contributed by atoms with Crippen LogP contribution < -0.4 is 19.7 Å². The largest absolute Gasteiger partial charge is 0.497 e. The Hall–Kier alpha value is -2.69. The van der Waals surface area contributed by atoms with E-state index in [1.54, 1.807) is 7.11 Å². The van der Waals surface area contributed by atoms with Gasteiger partial charge in [-0.3, -0.25) is 4.79 Å². The standard InChI is InChI=1S/C18H20N2O3/c1-20-14(12-23-17-6-4-3-5-16(17)20)11-18(21)19-13-7-9-15(22-2)10-8-13/h3-10,14H,11-12H2,1-2H3,(H,19,21). The van der Waals surface area contributed by atoms with Gasteiger partial charge in [-0.15, -0.1) is 0 Å². The van der Waals surface area contributed by atoms with Gasteiger partial charge in [0.2, 0.25) is 5.91 Å². The summed E-state index contributed by atoms with van der Waals surface area (Å²) < 4.78 is 10.9. The number of likely N-dealkylation sites (N-methyl/N-ethyl adjacent to an activating group) is 1. The molecule has 0 aliphatic carbocycles. The summed E-state index contributed by atoms with van der Waals surface area (Å²) in [7, 11) is 3.61. The average Bonchev–Trinajstić information content (AvgIpc) is 2.58. The van der Waals surface area contributed by atoms with Crippen LogP contribution in [0.15, 0.2) is 48.5 Å². The Labute approximate surface area is 135 Å². The van der Waals surface area contributed by atoms with E-state index in [2.05, 4.69) is 10.2 Å². The lowest BCUT2D eigenvalue weighted by molar-refractivity contribution is -0.116. The Bertz CT molecular complexity index is 685. The van der Waals surface area contributed by atoms with Crippen molar-refractivity contribution in [2.24, 2.45) is 0 Å². The summed E-state index contributed by atoms with van der Waals surface area (Å²) >= 11 is 0. The molecule has 23 heavy (non-hydrogen) atoms. The fourth-order valence-electron chi connectivity index (χ4n) is 2.66. The van der Waals surface area contributed by atoms with E-state index in [1.807, 2.05) is 55.6 Å². The highest BCUT2D eigenvalue weighted by Crippen LogP contribution is 2.33. The molecule has 5 nitrogen and oxygen atoms in total. The van der Waals surface area contributed by atoms with Gasteiger partial charge in [0.15, 0.2) is 0 Å². The molecule has 5 heteroatoms. The molecule has 1 atom stereocenters. The van der Waals surface area contributed by atoms with Gasteiger partial charge in [-0.25, -0.2) is 0 Å². The lowest BCUT2D eigenvalue weighted by Gasteiger charge is -2.35. The zero-order chi connectivity index (χ0) is 16.2. The first-order valence-corrected chi connectivity index (χ1v) is 7.56. The summed E-state index contributed by atoms with van der Waals surface area (Å²) in [6.45, 7) is 0.504. The number of methoxy groups -OCH3 is 1. The van der Waals surface area contributed by atoms with Crippen LogP contribution in [0.4, 0.5) is 11.4 Å². The van der Waals surface area contributed by atoms with Gasteiger partial charge < -0.3 is 19.7 Å². The number of amides is 1. The Balaban J connectivity index is 1.62. The van der Waals surface area contributed by atoms with Crippen LogP contribution in [0, 0.1) is 0 Å². The zero-order valence-electron chi connectivity index (χ0n) is 13.3. The molecule has 1 N–H and O–H groups in total. The number of fused-ring (bicyclic) bond motifs is 1. The molecule has 1 aliphatic rings. The van der Waals surface area contributed by atoms with E-state index in [0.717, 1.165) is 22.9 Å². The number of nitrogens with one attached hydrogen (secondary N) is 1. The van der Waals surface area contributed by atoms with E-state index in [9.17, 15) is 4.79 Å². The highest BCUT2D eigenvalue weighted by molar-refractivity contribution is 5.91. The smallest absolute Gasteiger partial charge is 0.226 e. The van der Waals surface area contributed by atoms with Gasteiger partial charge >= 0.3 is 0 Å². The molecule has 0 radical (unpaired) electrons. The van der Waals surface area contributed by atoms with E-state index in [0.29, 0.717) is 13.0 Å². The van der Waals surface area contributed by atoms with Crippen molar-refractivity contribution < 1.29 is 14.3 Å². The molecule has 0 bridgehead atoms. The van der Waals surface area contributed by atoms with Crippen molar-refractivity contribution in [1.82, 2.24) is 0 Å². The predicted molar refractivity (Wildman–Crippen MR) is 90.4 cm³/mol. The molecule has 1 heterocycles. The maximum absolute atomic E-state index is 12.3. The highest BCUT2D eigenvalue weighted by atomic mass is 16.5. The number of ether oxygens (including phenoxy) is 2. The molecule has 2 aromatic carbocycles. The number of anilines is 2. The topological polar surface area (TPSA) is 50.8 Å². The van der Waals surface area contributed by atoms with Gasteiger partial charge in [-0.2, -0.15) is 0 Å². The molecule has 1 unspecified atom stereocenters. The van der Waals surface area contributed by atoms with Crippen LogP contribution >= 0.6 is 0 Å². The summed E-state index contributed by atoms with van der Waals surface area (Å²) in [5.74, 6) is 1.59. The fourth-order valence-corrected chi connectivity index (χ4v) is 2.66. The minimum Gasteiger partial charge on any atom is -0.497 e. The first kappa shape index (κ1) is 15.2. The molecular formula is C18H20N2O3. The van der Waals surface area contributed by atoms with Gasteiger partial charge in [0.1, 0.15) is 18.1 Å². The quantitative estimate of drug-likeness (QED) is 0.943. The molecule has 3 rings (SSSR count). The number of para-hydroxylation sites is 2. The third kappa shape index (κ3) is 3.39. The monoisotopic (exact) mass is 312 g/mol. The van der Waals surface area contributed by atoms with Crippen LogP contribution in [0.5, 0.6) is 11.5 Å². The van der Waals surface area contributed by atoms with Crippen molar-refractivity contribution in [1.29, 1.82) is 0 Å². The van der Waals surface area contributed by atoms with Gasteiger partial charge in [0.25, 0.3) is 0 Å². The molecule has 0 saturated carbocycles. The lowest BCUT2D eigenvalue weighted by Crippen LogP contribution is -2.42. The summed E-state index contributed by atoms with van der Waals surface area (Å²) in [5, 5.41) is 2.91. The zero-order valence-corrected chi connectivity index (χ0v) is 13.3. The van der Waals surface area contributed by atoms with Crippen molar-refractivity contribution >= 4 is 17.3 Å². The van der Waals surface area contributed by atoms with Crippen molar-refractivity contribution in [3.63, 3.8) is 0 Å². The molecule has 1 amide bonds. The minimum absolute atomic E-state index is 0.0168. The fraction of sp³-hybridized carbons (Fsp3) is 0.278. The van der Waals surface area contributed by atoms with Crippen molar-refractivity contribution in [3.8, 4) is 11.5 Å². The van der Waals surface area contributed by atoms with E-state index >= 15 is 0 Å². The molecule has 120 valence electrons. The molecule has 0 aromatic heterocycles. The van der Waals surface area contributed by atoms with E-state index in [4.69, 9.17) is 9.47 Å². The van der Waals surface area contributed by atoms with E-state index in [-0.39, 0.29) is 11.9 Å². The number of carbonyl (C=O) groups excluding carboxylic acids is 1. The third-order valence-corrected chi connectivity index (χ3v) is 4.02. The first-order valence-electron chi connectivity index (χ1n) is 7.56. The number of hydrogen-bond donors (Lipinski definition) is 1. The molecule has 1 aliphatic heterocycles. The van der Waals surface area contributed by atoms with Gasteiger partial charge in [-0.1, -0.05) is 12.1 Å². The second kappa shape index (κ2) is 6.60. The summed E-state index contributed by atoms with van der Waals surface area (Å²) in [4.78, 5) is 14.4. The SMILES string of the molecule is COc1ccc(NC(=O)CC2COc3ccccc3N2C)cc1. The van der Waals surface area contributed by atoms with E-state index in [1.165, 1.54) is 0 Å². The van der Waals surface area contributed by atoms with Crippen LogP contribution in [-0.2, 0) is 4.79 Å². The van der Waals surface area contributed by atoms with Crippen LogP contribution in [0.25, 0.3) is 0 Å². The summed E-state index contributed by atoms with van der Waals surface area (Å²) in [6.07, 6.45) is 0.372. The van der Waals surface area contributed by atoms with Gasteiger partial charge in [0, 0.05) is 12.7 Å². The number of rotatable bonds is 4. The van der Waals surface area contributed by atoms with Gasteiger partial charge in [-0.05, 0) is 36.4 Å². The molecular weight excluding hydrogens is 292 g/mol. The number of hydrogen-bond acceptors (Lipinski definition) is 4. The second-order valence-corrected chi connectivity index (χ2v) is 5.52. The molecule has 2 aromatic rings. The molecule has 0 saturated heterocycles. The molecule has 0 fully saturated rings. The van der Waals surface area contributed by atoms with Crippen molar-refractivity contribution in [2.75, 3.05) is 31.0 Å². The first-order chi connectivity index (χ1) is 11.2. The Kier molecular flexibility index (Phi) is 4.37. The number of carbonyl (C=O) groups is 1. The summed E-state index contributed by atoms with van der Waals surface area (Å²) in [5.41, 5.74) is 1.77. The third-order valence-electron chi connectivity index (χ3n) is 4.02. The Morgan fingerprint density at radius 3 is 2.74 bits per heavy atom. The van der Waals surface area contributed by atoms with Crippen LogP contribution in [0.1, 0.15) is 6.42 Å². The van der Waals surface area contributed by atoms with Crippen LogP contribution in [0.3, 0.4) is 0 Å². The van der Waals surface area contributed by atoms with Gasteiger partial charge in [0.05, 0.1) is 25.3 Å². The van der Waals surface area contributed by atoms with Crippen molar-refractivity contribution in [2.45, 2.75) is 12.5 Å². The van der Waals surface area contributed by atoms with Crippen LogP contribution in [0.2, 0.25) is 0 Å². The highest BCUT2D eigenvalue weighted by Gasteiger charge is 2.26. The van der Waals surface area contributed by atoms with Crippen LogP contribution in [-0.4, -0.2) is 32.7 Å². The minimum atomic E-state index is -0.0324. The predicted octanol–water partition coefficient (Wildman–Crippen LogP) is 2.92. The summed E-state index contributed by atoms with van der Waals surface area (Å²) in [6, 6.07) is 15.2. The van der Waals surface area contributed by atoms with E-state index < -0.39 is 0 Å². The lowest BCUT2D eigenvalue weighted by atomic mass is 10.1. The number of benzene rings is 2. The Morgan fingerprint density at radius 2 is 2.00 bits per heavy atom. The maximum atomic E-state index is 12.3. The Morgan fingerprint density at radius 1 is 1.26 bits per heavy atom. The second-order valence-electron chi connectivity index (χ2n) is 5.52. The molecule has 0 spiro atoms. The number of nitrogens with zero attached hydrogens (tertiary/aromatic N) is 1. The maximum Gasteiger partial charge on any atom is 0.226 e. The van der Waals surface area contributed by atoms with Crippen molar-refractivity contribution in [3.05, 3.63) is 48.5 Å².